The molecular formula is C16H20N6O2. The lowest BCUT2D eigenvalue weighted by atomic mass is 10.1. The molecule has 0 saturated carbocycles. The SMILES string of the molecule is O=C1CCCN1Cc1cn(C2CN(C(=O)Cn3cccc3)C2)nn1. The molecule has 0 atom stereocenters. The Kier molecular flexibility index (Phi) is 3.79. The minimum Gasteiger partial charge on any atom is -0.345 e. The van der Waals surface area contributed by atoms with Crippen molar-refractivity contribution in [2.45, 2.75) is 32.0 Å². The molecule has 0 spiro atoms. The average molecular weight is 328 g/mol. The van der Waals surface area contributed by atoms with Crippen LogP contribution in [0.5, 0.6) is 0 Å². The molecule has 8 heteroatoms. The van der Waals surface area contributed by atoms with Crippen molar-refractivity contribution in [2.24, 2.45) is 0 Å². The summed E-state index contributed by atoms with van der Waals surface area (Å²) in [4.78, 5) is 27.5. The zero-order valence-corrected chi connectivity index (χ0v) is 13.4. The van der Waals surface area contributed by atoms with Gasteiger partial charge in [-0.3, -0.25) is 9.59 Å². The first-order valence-corrected chi connectivity index (χ1v) is 8.26. The van der Waals surface area contributed by atoms with E-state index in [-0.39, 0.29) is 17.9 Å². The highest BCUT2D eigenvalue weighted by atomic mass is 16.2. The third kappa shape index (κ3) is 2.91. The Labute approximate surface area is 139 Å². The number of hydrogen-bond donors (Lipinski definition) is 0. The number of rotatable bonds is 5. The smallest absolute Gasteiger partial charge is 0.242 e. The molecular weight excluding hydrogens is 308 g/mol. The summed E-state index contributed by atoms with van der Waals surface area (Å²) in [6.07, 6.45) is 7.23. The first-order valence-electron chi connectivity index (χ1n) is 8.26. The topological polar surface area (TPSA) is 76.3 Å². The molecule has 0 aliphatic carbocycles. The second-order valence-corrected chi connectivity index (χ2v) is 6.42. The van der Waals surface area contributed by atoms with Crippen LogP contribution in [0.15, 0.2) is 30.7 Å². The van der Waals surface area contributed by atoms with Crippen molar-refractivity contribution in [2.75, 3.05) is 19.6 Å². The molecule has 126 valence electrons. The van der Waals surface area contributed by atoms with E-state index in [0.29, 0.717) is 32.6 Å². The standard InChI is InChI=1S/C16H20N6O2/c23-15-4-3-7-20(15)8-13-9-22(18-17-13)14-10-21(11-14)16(24)12-19-5-1-2-6-19/h1-2,5-6,9,14H,3-4,7-8,10-12H2. The summed E-state index contributed by atoms with van der Waals surface area (Å²) in [5.74, 6) is 0.306. The van der Waals surface area contributed by atoms with Gasteiger partial charge in [0.2, 0.25) is 11.8 Å². The Morgan fingerprint density at radius 2 is 2.04 bits per heavy atom. The highest BCUT2D eigenvalue weighted by molar-refractivity contribution is 5.78. The van der Waals surface area contributed by atoms with Crippen LogP contribution in [-0.4, -0.2) is 60.8 Å². The maximum Gasteiger partial charge on any atom is 0.242 e. The lowest BCUT2D eigenvalue weighted by Gasteiger charge is -2.38. The van der Waals surface area contributed by atoms with Crippen LogP contribution in [0.4, 0.5) is 0 Å². The van der Waals surface area contributed by atoms with Crippen LogP contribution in [0.2, 0.25) is 0 Å². The Balaban J connectivity index is 1.29. The normalized spacial score (nSPS) is 18.2. The third-order valence-electron chi connectivity index (χ3n) is 4.66. The Morgan fingerprint density at radius 3 is 2.75 bits per heavy atom. The van der Waals surface area contributed by atoms with E-state index in [2.05, 4.69) is 10.3 Å². The van der Waals surface area contributed by atoms with Gasteiger partial charge in [0, 0.05) is 38.4 Å². The Hall–Kier alpha value is -2.64. The van der Waals surface area contributed by atoms with Crippen LogP contribution in [0.25, 0.3) is 0 Å². The average Bonchev–Trinajstić information content (AvgIpc) is 3.23. The number of nitrogens with zero attached hydrogens (tertiary/aromatic N) is 6. The molecule has 2 aromatic heterocycles. The summed E-state index contributed by atoms with van der Waals surface area (Å²) in [5, 5.41) is 8.32. The lowest BCUT2D eigenvalue weighted by Crippen LogP contribution is -2.51. The number of hydrogen-bond acceptors (Lipinski definition) is 4. The van der Waals surface area contributed by atoms with Gasteiger partial charge in [0.15, 0.2) is 0 Å². The highest BCUT2D eigenvalue weighted by Gasteiger charge is 2.32. The van der Waals surface area contributed by atoms with Gasteiger partial charge in [0.25, 0.3) is 0 Å². The first-order chi connectivity index (χ1) is 11.7. The van der Waals surface area contributed by atoms with Crippen LogP contribution < -0.4 is 0 Å². The van der Waals surface area contributed by atoms with Crippen LogP contribution in [-0.2, 0) is 22.7 Å². The van der Waals surface area contributed by atoms with Crippen molar-refractivity contribution in [3.8, 4) is 0 Å². The van der Waals surface area contributed by atoms with Gasteiger partial charge in [0.1, 0.15) is 12.2 Å². The minimum atomic E-state index is 0.116. The Bertz CT molecular complexity index is 732. The van der Waals surface area contributed by atoms with Gasteiger partial charge in [-0.1, -0.05) is 5.21 Å². The van der Waals surface area contributed by atoms with Gasteiger partial charge >= 0.3 is 0 Å². The molecule has 0 bridgehead atoms. The second kappa shape index (κ2) is 6.10. The Morgan fingerprint density at radius 1 is 1.25 bits per heavy atom. The molecule has 0 radical (unpaired) electrons. The fourth-order valence-corrected chi connectivity index (χ4v) is 3.19. The summed E-state index contributed by atoms with van der Waals surface area (Å²) in [7, 11) is 0. The molecule has 0 unspecified atom stereocenters. The fraction of sp³-hybridized carbons (Fsp3) is 0.500. The second-order valence-electron chi connectivity index (χ2n) is 6.42. The summed E-state index contributed by atoms with van der Waals surface area (Å²) >= 11 is 0. The van der Waals surface area contributed by atoms with Crippen LogP contribution in [0.1, 0.15) is 24.6 Å². The zero-order valence-electron chi connectivity index (χ0n) is 13.4. The van der Waals surface area contributed by atoms with Crippen molar-refractivity contribution in [3.63, 3.8) is 0 Å². The zero-order chi connectivity index (χ0) is 16.5. The van der Waals surface area contributed by atoms with E-state index < -0.39 is 0 Å². The summed E-state index contributed by atoms with van der Waals surface area (Å²) in [6.45, 7) is 3.02. The summed E-state index contributed by atoms with van der Waals surface area (Å²) < 4.78 is 3.69. The molecule has 8 nitrogen and oxygen atoms in total. The summed E-state index contributed by atoms with van der Waals surface area (Å²) in [6, 6.07) is 4.00. The molecule has 2 aliphatic heterocycles. The van der Waals surface area contributed by atoms with Crippen LogP contribution >= 0.6 is 0 Å². The van der Waals surface area contributed by atoms with Crippen molar-refractivity contribution in [3.05, 3.63) is 36.4 Å². The van der Waals surface area contributed by atoms with Gasteiger partial charge in [0.05, 0.1) is 18.8 Å². The number of amides is 2. The number of likely N-dealkylation sites (tertiary alicyclic amines) is 2. The van der Waals surface area contributed by atoms with E-state index in [4.69, 9.17) is 0 Å². The molecule has 24 heavy (non-hydrogen) atoms. The van der Waals surface area contributed by atoms with Crippen LogP contribution in [0, 0.1) is 0 Å². The molecule has 2 fully saturated rings. The van der Waals surface area contributed by atoms with Crippen molar-refractivity contribution in [1.29, 1.82) is 0 Å². The van der Waals surface area contributed by atoms with Crippen molar-refractivity contribution < 1.29 is 9.59 Å². The van der Waals surface area contributed by atoms with Crippen LogP contribution in [0.3, 0.4) is 0 Å². The van der Waals surface area contributed by atoms with Gasteiger partial charge in [-0.2, -0.15) is 0 Å². The number of aromatic nitrogens is 4. The quantitative estimate of drug-likeness (QED) is 0.790. The molecule has 2 amide bonds. The van der Waals surface area contributed by atoms with E-state index in [1.54, 1.807) is 0 Å². The molecule has 4 rings (SSSR count). The van der Waals surface area contributed by atoms with Crippen molar-refractivity contribution >= 4 is 11.8 Å². The van der Waals surface area contributed by atoms with E-state index >= 15 is 0 Å². The lowest BCUT2D eigenvalue weighted by molar-refractivity contribution is -0.137. The predicted octanol–water partition coefficient (Wildman–Crippen LogP) is 0.285. The van der Waals surface area contributed by atoms with E-state index in [1.165, 1.54) is 0 Å². The molecule has 4 heterocycles. The van der Waals surface area contributed by atoms with Gasteiger partial charge in [-0.05, 0) is 18.6 Å². The van der Waals surface area contributed by atoms with Gasteiger partial charge < -0.3 is 14.4 Å². The van der Waals surface area contributed by atoms with Gasteiger partial charge in [-0.25, -0.2) is 4.68 Å². The summed E-state index contributed by atoms with van der Waals surface area (Å²) in [5.41, 5.74) is 0.808. The van der Waals surface area contributed by atoms with E-state index in [9.17, 15) is 9.59 Å². The monoisotopic (exact) mass is 328 g/mol. The number of carbonyl (C=O) groups excluding carboxylic acids is 2. The van der Waals surface area contributed by atoms with E-state index in [1.807, 2.05) is 49.8 Å². The molecule has 2 aromatic rings. The van der Waals surface area contributed by atoms with Crippen molar-refractivity contribution in [1.82, 2.24) is 29.4 Å². The predicted molar refractivity (Wildman–Crippen MR) is 84.7 cm³/mol. The molecule has 0 N–H and O–H groups in total. The largest absolute Gasteiger partial charge is 0.345 e. The maximum atomic E-state index is 12.2. The van der Waals surface area contributed by atoms with Gasteiger partial charge in [-0.15, -0.1) is 5.10 Å². The molecule has 2 saturated heterocycles. The maximum absolute atomic E-state index is 12.2. The first kappa shape index (κ1) is 14.9. The fourth-order valence-electron chi connectivity index (χ4n) is 3.19. The third-order valence-corrected chi connectivity index (χ3v) is 4.66. The molecule has 0 aromatic carbocycles. The minimum absolute atomic E-state index is 0.116. The number of carbonyl (C=O) groups is 2. The molecule has 2 aliphatic rings. The highest BCUT2D eigenvalue weighted by Crippen LogP contribution is 2.21. The van der Waals surface area contributed by atoms with E-state index in [0.717, 1.165) is 18.7 Å².